The number of nitrogens with one attached hydrogen (secondary N) is 1. The van der Waals surface area contributed by atoms with Gasteiger partial charge in [0.05, 0.1) is 5.92 Å². The molecular formula is C15H23N3O2. The van der Waals surface area contributed by atoms with Gasteiger partial charge < -0.3 is 10.4 Å². The Balaban J connectivity index is 2.14. The summed E-state index contributed by atoms with van der Waals surface area (Å²) >= 11 is 0. The Kier molecular flexibility index (Phi) is 3.97. The van der Waals surface area contributed by atoms with E-state index in [-0.39, 0.29) is 23.3 Å². The van der Waals surface area contributed by atoms with E-state index in [1.54, 1.807) is 6.20 Å². The summed E-state index contributed by atoms with van der Waals surface area (Å²) in [5, 5.41) is 12.8. The van der Waals surface area contributed by atoms with Gasteiger partial charge in [-0.05, 0) is 37.2 Å². The third kappa shape index (κ3) is 2.76. The second-order valence-electron chi connectivity index (χ2n) is 6.32. The lowest BCUT2D eigenvalue weighted by Crippen LogP contribution is -2.48. The van der Waals surface area contributed by atoms with Gasteiger partial charge in [-0.15, -0.1) is 0 Å². The number of aliphatic carboxylic acids is 1. The third-order valence-corrected chi connectivity index (χ3v) is 4.85. The van der Waals surface area contributed by atoms with Crippen LogP contribution in [0.2, 0.25) is 0 Å². The number of aryl methyl sites for hydroxylation is 1. The van der Waals surface area contributed by atoms with Gasteiger partial charge in [0, 0.05) is 12.2 Å². The zero-order valence-corrected chi connectivity index (χ0v) is 12.6. The van der Waals surface area contributed by atoms with E-state index in [1.807, 2.05) is 13.0 Å². The van der Waals surface area contributed by atoms with Crippen LogP contribution in [0.15, 0.2) is 12.3 Å². The van der Waals surface area contributed by atoms with E-state index in [9.17, 15) is 9.90 Å². The van der Waals surface area contributed by atoms with Crippen LogP contribution < -0.4 is 5.32 Å². The monoisotopic (exact) mass is 277 g/mol. The number of hydrogen-bond donors (Lipinski definition) is 2. The van der Waals surface area contributed by atoms with E-state index in [4.69, 9.17) is 0 Å². The second-order valence-corrected chi connectivity index (χ2v) is 6.32. The lowest BCUT2D eigenvalue weighted by molar-refractivity contribution is -0.149. The zero-order valence-electron chi connectivity index (χ0n) is 12.6. The Morgan fingerprint density at radius 3 is 2.75 bits per heavy atom. The minimum absolute atomic E-state index is 0.232. The molecule has 3 atom stereocenters. The molecule has 0 radical (unpaired) electrons. The van der Waals surface area contributed by atoms with Crippen molar-refractivity contribution in [1.29, 1.82) is 0 Å². The molecule has 2 N–H and O–H groups in total. The molecule has 5 nitrogen and oxygen atoms in total. The first kappa shape index (κ1) is 14.8. The van der Waals surface area contributed by atoms with E-state index >= 15 is 0 Å². The van der Waals surface area contributed by atoms with E-state index in [0.29, 0.717) is 6.42 Å². The molecule has 110 valence electrons. The predicted octanol–water partition coefficient (Wildman–Crippen LogP) is 2.72. The summed E-state index contributed by atoms with van der Waals surface area (Å²) in [5.41, 5.74) is -0.232. The molecule has 1 aromatic rings. The van der Waals surface area contributed by atoms with Crippen LogP contribution in [-0.2, 0) is 4.79 Å². The first-order valence-corrected chi connectivity index (χ1v) is 7.11. The maximum atomic E-state index is 11.4. The Hall–Kier alpha value is -1.65. The molecule has 1 heterocycles. The maximum absolute atomic E-state index is 11.4. The Morgan fingerprint density at radius 1 is 1.45 bits per heavy atom. The quantitative estimate of drug-likeness (QED) is 0.888. The Labute approximate surface area is 119 Å². The highest BCUT2D eigenvalue weighted by atomic mass is 16.4. The second kappa shape index (κ2) is 5.38. The van der Waals surface area contributed by atoms with Crippen molar-refractivity contribution in [2.75, 3.05) is 5.32 Å². The summed E-state index contributed by atoms with van der Waals surface area (Å²) in [5.74, 6) is 0.855. The van der Waals surface area contributed by atoms with Gasteiger partial charge in [0.25, 0.3) is 0 Å². The van der Waals surface area contributed by atoms with Crippen LogP contribution in [0.25, 0.3) is 0 Å². The number of anilines is 1. The number of carbonyl (C=O) groups is 1. The Morgan fingerprint density at radius 2 is 2.15 bits per heavy atom. The minimum atomic E-state index is -0.682. The van der Waals surface area contributed by atoms with E-state index < -0.39 is 5.97 Å². The lowest BCUT2D eigenvalue weighted by atomic mass is 9.61. The minimum Gasteiger partial charge on any atom is -0.481 e. The Bertz CT molecular complexity index is 502. The van der Waals surface area contributed by atoms with Gasteiger partial charge in [-0.25, -0.2) is 9.97 Å². The van der Waals surface area contributed by atoms with Crippen LogP contribution in [0.3, 0.4) is 0 Å². The fraction of sp³-hybridized carbons (Fsp3) is 0.667. The van der Waals surface area contributed by atoms with Crippen molar-refractivity contribution < 1.29 is 9.90 Å². The molecule has 5 heteroatoms. The van der Waals surface area contributed by atoms with Gasteiger partial charge in [0.2, 0.25) is 0 Å². The predicted molar refractivity (Wildman–Crippen MR) is 77.5 cm³/mol. The average Bonchev–Trinajstić information content (AvgIpc) is 2.34. The summed E-state index contributed by atoms with van der Waals surface area (Å²) in [6, 6.07) is 2.10. The smallest absolute Gasteiger partial charge is 0.307 e. The van der Waals surface area contributed by atoms with Crippen molar-refractivity contribution in [3.05, 3.63) is 18.1 Å². The molecule has 1 fully saturated rings. The SMILES string of the molecule is Cc1nccc(NC2CCC(C(=O)O)C(C)(C)C2C)n1. The normalized spacial score (nSPS) is 28.9. The van der Waals surface area contributed by atoms with Crippen LogP contribution in [0.5, 0.6) is 0 Å². The van der Waals surface area contributed by atoms with Gasteiger partial charge in [0.15, 0.2) is 0 Å². The molecule has 1 saturated carbocycles. The molecule has 1 aliphatic carbocycles. The lowest BCUT2D eigenvalue weighted by Gasteiger charge is -2.46. The van der Waals surface area contributed by atoms with Crippen molar-refractivity contribution in [3.8, 4) is 0 Å². The summed E-state index contributed by atoms with van der Waals surface area (Å²) in [6.45, 7) is 8.09. The standard InChI is InChI=1S/C15H23N3O2/c1-9-12(18-13-7-8-16-10(2)17-13)6-5-11(14(19)20)15(9,3)4/h7-9,11-12H,5-6H2,1-4H3,(H,19,20)(H,16,17,18). The van der Waals surface area contributed by atoms with Crippen LogP contribution in [-0.4, -0.2) is 27.1 Å². The number of carboxylic acids is 1. The third-order valence-electron chi connectivity index (χ3n) is 4.85. The summed E-state index contributed by atoms with van der Waals surface area (Å²) in [4.78, 5) is 19.8. The molecule has 0 amide bonds. The maximum Gasteiger partial charge on any atom is 0.307 e. The van der Waals surface area contributed by atoms with Gasteiger partial charge in [-0.1, -0.05) is 20.8 Å². The van der Waals surface area contributed by atoms with Crippen molar-refractivity contribution in [2.24, 2.45) is 17.3 Å². The van der Waals surface area contributed by atoms with Gasteiger partial charge in [-0.2, -0.15) is 0 Å². The largest absolute Gasteiger partial charge is 0.481 e. The van der Waals surface area contributed by atoms with E-state index in [2.05, 4.69) is 36.1 Å². The van der Waals surface area contributed by atoms with Gasteiger partial charge in [0.1, 0.15) is 11.6 Å². The molecule has 0 aliphatic heterocycles. The van der Waals surface area contributed by atoms with Crippen LogP contribution in [0, 0.1) is 24.2 Å². The van der Waals surface area contributed by atoms with Crippen molar-refractivity contribution in [2.45, 2.75) is 46.6 Å². The number of hydrogen-bond acceptors (Lipinski definition) is 4. The molecule has 0 bridgehead atoms. The fourth-order valence-corrected chi connectivity index (χ4v) is 3.17. The molecule has 1 aliphatic rings. The first-order valence-electron chi connectivity index (χ1n) is 7.11. The molecule has 3 unspecified atom stereocenters. The number of rotatable bonds is 3. The molecule has 0 aromatic carbocycles. The van der Waals surface area contributed by atoms with Gasteiger partial charge >= 0.3 is 5.97 Å². The summed E-state index contributed by atoms with van der Waals surface area (Å²) in [6.07, 6.45) is 3.29. The van der Waals surface area contributed by atoms with Crippen molar-refractivity contribution >= 4 is 11.8 Å². The zero-order chi connectivity index (χ0) is 14.9. The molecule has 0 saturated heterocycles. The highest BCUT2D eigenvalue weighted by Crippen LogP contribution is 2.45. The number of carboxylic acid groups (broad SMARTS) is 1. The molecule has 0 spiro atoms. The highest BCUT2D eigenvalue weighted by molar-refractivity contribution is 5.71. The number of nitrogens with zero attached hydrogens (tertiary/aromatic N) is 2. The number of aromatic nitrogens is 2. The summed E-state index contributed by atoms with van der Waals surface area (Å²) in [7, 11) is 0. The van der Waals surface area contributed by atoms with Crippen LogP contribution in [0.1, 0.15) is 39.4 Å². The van der Waals surface area contributed by atoms with E-state index in [1.165, 1.54) is 0 Å². The van der Waals surface area contributed by atoms with Crippen molar-refractivity contribution in [1.82, 2.24) is 9.97 Å². The van der Waals surface area contributed by atoms with Gasteiger partial charge in [-0.3, -0.25) is 4.79 Å². The average molecular weight is 277 g/mol. The molecule has 2 rings (SSSR count). The fourth-order valence-electron chi connectivity index (χ4n) is 3.17. The molecular weight excluding hydrogens is 254 g/mol. The molecule has 1 aromatic heterocycles. The van der Waals surface area contributed by atoms with Crippen LogP contribution in [0.4, 0.5) is 5.82 Å². The highest BCUT2D eigenvalue weighted by Gasteiger charge is 2.46. The molecule has 20 heavy (non-hydrogen) atoms. The topological polar surface area (TPSA) is 75.1 Å². The summed E-state index contributed by atoms with van der Waals surface area (Å²) < 4.78 is 0. The van der Waals surface area contributed by atoms with Crippen LogP contribution >= 0.6 is 0 Å². The van der Waals surface area contributed by atoms with Crippen molar-refractivity contribution in [3.63, 3.8) is 0 Å². The van der Waals surface area contributed by atoms with E-state index in [0.717, 1.165) is 18.1 Å². The first-order chi connectivity index (χ1) is 9.32.